The fourth-order valence-corrected chi connectivity index (χ4v) is 2.66. The van der Waals surface area contributed by atoms with Crippen LogP contribution in [0, 0.1) is 11.3 Å². The van der Waals surface area contributed by atoms with Gasteiger partial charge in [0.1, 0.15) is 0 Å². The van der Waals surface area contributed by atoms with E-state index in [0.29, 0.717) is 13.2 Å². The lowest BCUT2D eigenvalue weighted by Crippen LogP contribution is -2.42. The SMILES string of the molecule is CC(N)c1ccc(N2CCOC(C#N)C2)c(Br)c1. The number of benzene rings is 1. The molecule has 0 bridgehead atoms. The number of nitrogens with zero attached hydrogens (tertiary/aromatic N) is 2. The second-order valence-corrected chi connectivity index (χ2v) is 5.29. The lowest BCUT2D eigenvalue weighted by molar-refractivity contribution is 0.0764. The topological polar surface area (TPSA) is 62.3 Å². The molecule has 4 nitrogen and oxygen atoms in total. The molecule has 2 N–H and O–H groups in total. The highest BCUT2D eigenvalue weighted by molar-refractivity contribution is 9.10. The van der Waals surface area contributed by atoms with Gasteiger partial charge in [-0.3, -0.25) is 0 Å². The van der Waals surface area contributed by atoms with E-state index in [-0.39, 0.29) is 12.1 Å². The molecule has 1 fully saturated rings. The van der Waals surface area contributed by atoms with Gasteiger partial charge in [-0.15, -0.1) is 0 Å². The number of anilines is 1. The van der Waals surface area contributed by atoms with Gasteiger partial charge in [0, 0.05) is 17.1 Å². The van der Waals surface area contributed by atoms with Gasteiger partial charge < -0.3 is 15.4 Å². The van der Waals surface area contributed by atoms with Crippen LogP contribution in [-0.4, -0.2) is 25.8 Å². The highest BCUT2D eigenvalue weighted by Gasteiger charge is 2.21. The van der Waals surface area contributed by atoms with Crippen LogP contribution in [0.4, 0.5) is 5.69 Å². The van der Waals surface area contributed by atoms with E-state index in [1.54, 1.807) is 0 Å². The van der Waals surface area contributed by atoms with Crippen molar-refractivity contribution in [3.05, 3.63) is 28.2 Å². The smallest absolute Gasteiger partial charge is 0.161 e. The van der Waals surface area contributed by atoms with Gasteiger partial charge in [-0.1, -0.05) is 6.07 Å². The van der Waals surface area contributed by atoms with Crippen LogP contribution >= 0.6 is 15.9 Å². The van der Waals surface area contributed by atoms with Crippen molar-refractivity contribution in [2.24, 2.45) is 5.73 Å². The van der Waals surface area contributed by atoms with Crippen molar-refractivity contribution in [3.63, 3.8) is 0 Å². The highest BCUT2D eigenvalue weighted by atomic mass is 79.9. The molecule has 2 unspecified atom stereocenters. The zero-order valence-corrected chi connectivity index (χ0v) is 11.9. The molecule has 2 atom stereocenters. The highest BCUT2D eigenvalue weighted by Crippen LogP contribution is 2.30. The van der Waals surface area contributed by atoms with Crippen molar-refractivity contribution in [3.8, 4) is 6.07 Å². The van der Waals surface area contributed by atoms with Crippen molar-refractivity contribution in [2.75, 3.05) is 24.6 Å². The monoisotopic (exact) mass is 309 g/mol. The maximum Gasteiger partial charge on any atom is 0.161 e. The number of nitriles is 1. The summed E-state index contributed by atoms with van der Waals surface area (Å²) in [5.41, 5.74) is 8.04. The van der Waals surface area contributed by atoms with Crippen LogP contribution in [0.25, 0.3) is 0 Å². The van der Waals surface area contributed by atoms with Crippen molar-refractivity contribution >= 4 is 21.6 Å². The molecule has 1 heterocycles. The average Bonchev–Trinajstić information content (AvgIpc) is 2.38. The van der Waals surface area contributed by atoms with Gasteiger partial charge >= 0.3 is 0 Å². The van der Waals surface area contributed by atoms with E-state index in [9.17, 15) is 0 Å². The predicted molar refractivity (Wildman–Crippen MR) is 74.3 cm³/mol. The zero-order chi connectivity index (χ0) is 13.1. The Labute approximate surface area is 115 Å². The summed E-state index contributed by atoms with van der Waals surface area (Å²) >= 11 is 3.57. The number of morpholine rings is 1. The van der Waals surface area contributed by atoms with Gasteiger partial charge in [-0.2, -0.15) is 5.26 Å². The first-order valence-corrected chi connectivity index (χ1v) is 6.72. The van der Waals surface area contributed by atoms with Crippen LogP contribution in [0.2, 0.25) is 0 Å². The molecule has 0 saturated carbocycles. The number of rotatable bonds is 2. The first-order chi connectivity index (χ1) is 8.61. The summed E-state index contributed by atoms with van der Waals surface area (Å²) in [4.78, 5) is 2.16. The van der Waals surface area contributed by atoms with Gasteiger partial charge in [-0.25, -0.2) is 0 Å². The molecule has 1 aromatic rings. The molecule has 18 heavy (non-hydrogen) atoms. The normalized spacial score (nSPS) is 21.4. The largest absolute Gasteiger partial charge is 0.365 e. The standard InChI is InChI=1S/C13H16BrN3O/c1-9(16)10-2-3-13(12(14)6-10)17-4-5-18-11(7-15)8-17/h2-3,6,9,11H,4-5,8,16H2,1H3. The van der Waals surface area contributed by atoms with Crippen molar-refractivity contribution in [1.29, 1.82) is 5.26 Å². The van der Waals surface area contributed by atoms with Crippen LogP contribution in [0.1, 0.15) is 18.5 Å². The minimum absolute atomic E-state index is 0.0203. The van der Waals surface area contributed by atoms with E-state index < -0.39 is 0 Å². The van der Waals surface area contributed by atoms with Crippen LogP contribution < -0.4 is 10.6 Å². The van der Waals surface area contributed by atoms with Gasteiger partial charge in [-0.05, 0) is 40.5 Å². The van der Waals surface area contributed by atoms with Crippen LogP contribution in [0.3, 0.4) is 0 Å². The van der Waals surface area contributed by atoms with E-state index >= 15 is 0 Å². The summed E-state index contributed by atoms with van der Waals surface area (Å²) in [5, 5.41) is 8.91. The van der Waals surface area contributed by atoms with E-state index in [2.05, 4.69) is 26.9 Å². The molecule has 1 aliphatic rings. The molecule has 1 saturated heterocycles. The quantitative estimate of drug-likeness (QED) is 0.909. The fraction of sp³-hybridized carbons (Fsp3) is 0.462. The maximum absolute atomic E-state index is 8.91. The number of nitrogens with two attached hydrogens (primary N) is 1. The molecule has 96 valence electrons. The molecule has 0 aliphatic carbocycles. The van der Waals surface area contributed by atoms with E-state index in [0.717, 1.165) is 22.3 Å². The Balaban J connectivity index is 2.21. The molecule has 0 aromatic heterocycles. The number of halogens is 1. The van der Waals surface area contributed by atoms with Crippen molar-refractivity contribution < 1.29 is 4.74 Å². The van der Waals surface area contributed by atoms with Gasteiger partial charge in [0.15, 0.2) is 6.10 Å². The van der Waals surface area contributed by atoms with Gasteiger partial charge in [0.2, 0.25) is 0 Å². The lowest BCUT2D eigenvalue weighted by Gasteiger charge is -2.32. The molecule has 0 amide bonds. The molecule has 5 heteroatoms. The summed E-state index contributed by atoms with van der Waals surface area (Å²) < 4.78 is 6.35. The Morgan fingerprint density at radius 1 is 1.61 bits per heavy atom. The molecule has 2 rings (SSSR count). The van der Waals surface area contributed by atoms with Crippen LogP contribution in [-0.2, 0) is 4.74 Å². The molecular formula is C13H16BrN3O. The van der Waals surface area contributed by atoms with Crippen LogP contribution in [0.5, 0.6) is 0 Å². The molecular weight excluding hydrogens is 294 g/mol. The Kier molecular flexibility index (Phi) is 4.23. The second-order valence-electron chi connectivity index (χ2n) is 4.43. The Hall–Kier alpha value is -1.09. The van der Waals surface area contributed by atoms with E-state index in [1.165, 1.54) is 0 Å². The number of hydrogen-bond donors (Lipinski definition) is 1. The summed E-state index contributed by atoms with van der Waals surface area (Å²) in [5.74, 6) is 0. The summed E-state index contributed by atoms with van der Waals surface area (Å²) in [6.07, 6.45) is -0.348. The van der Waals surface area contributed by atoms with Crippen molar-refractivity contribution in [2.45, 2.75) is 19.1 Å². The first kappa shape index (κ1) is 13.3. The molecule has 1 aromatic carbocycles. The van der Waals surface area contributed by atoms with Gasteiger partial charge in [0.25, 0.3) is 0 Å². The third-order valence-electron chi connectivity index (χ3n) is 3.05. The first-order valence-electron chi connectivity index (χ1n) is 5.93. The van der Waals surface area contributed by atoms with Gasteiger partial charge in [0.05, 0.1) is 24.9 Å². The summed E-state index contributed by atoms with van der Waals surface area (Å²) in [6, 6.07) is 8.29. The minimum Gasteiger partial charge on any atom is -0.365 e. The summed E-state index contributed by atoms with van der Waals surface area (Å²) in [6.45, 7) is 3.95. The van der Waals surface area contributed by atoms with E-state index in [4.69, 9.17) is 15.7 Å². The average molecular weight is 310 g/mol. The Bertz CT molecular complexity index is 470. The number of ether oxygens (including phenoxy) is 1. The van der Waals surface area contributed by atoms with E-state index in [1.807, 2.05) is 25.1 Å². The molecule has 0 spiro atoms. The molecule has 0 radical (unpaired) electrons. The summed E-state index contributed by atoms with van der Waals surface area (Å²) in [7, 11) is 0. The predicted octanol–water partition coefficient (Wildman–Crippen LogP) is 2.20. The third kappa shape index (κ3) is 2.83. The van der Waals surface area contributed by atoms with Crippen LogP contribution in [0.15, 0.2) is 22.7 Å². The zero-order valence-electron chi connectivity index (χ0n) is 10.3. The third-order valence-corrected chi connectivity index (χ3v) is 3.68. The fourth-order valence-electron chi connectivity index (χ4n) is 2.01. The maximum atomic E-state index is 8.91. The Morgan fingerprint density at radius 3 is 3.00 bits per heavy atom. The molecule has 1 aliphatic heterocycles. The number of hydrogen-bond acceptors (Lipinski definition) is 4. The lowest BCUT2D eigenvalue weighted by atomic mass is 10.1. The Morgan fingerprint density at radius 2 is 2.39 bits per heavy atom. The van der Waals surface area contributed by atoms with Crippen molar-refractivity contribution in [1.82, 2.24) is 0 Å². The minimum atomic E-state index is -0.348. The second kappa shape index (κ2) is 5.70.